The summed E-state index contributed by atoms with van der Waals surface area (Å²) in [6.07, 6.45) is -7.55. The molecule has 2 aliphatic heterocycles. The summed E-state index contributed by atoms with van der Waals surface area (Å²) in [7, 11) is 0. The molecule has 8 heteroatoms. The number of hydrogen-bond acceptors (Lipinski definition) is 7. The standard InChI is InChI=1S/C14H15NO7/c16-5-8-9(17)10(18)11(19)14(22-8)15-12(20)6-3-1-2-4-7(6)13(15)21/h1-4,8-11,14,16-19H,5H2/t8-,9-,10+,11-,14?/m1/s1. The van der Waals surface area contributed by atoms with Crippen molar-refractivity contribution >= 4 is 11.8 Å². The number of imide groups is 1. The lowest BCUT2D eigenvalue weighted by molar-refractivity contribution is -0.250. The van der Waals surface area contributed by atoms with E-state index in [1.54, 1.807) is 12.1 Å². The third kappa shape index (κ3) is 2.04. The summed E-state index contributed by atoms with van der Waals surface area (Å²) in [6, 6.07) is 6.14. The van der Waals surface area contributed by atoms with Gasteiger partial charge in [-0.1, -0.05) is 12.1 Å². The zero-order valence-electron chi connectivity index (χ0n) is 11.4. The number of aliphatic hydroxyl groups excluding tert-OH is 4. The van der Waals surface area contributed by atoms with Crippen LogP contribution in [0.4, 0.5) is 0 Å². The van der Waals surface area contributed by atoms with Gasteiger partial charge in [-0.2, -0.15) is 0 Å². The van der Waals surface area contributed by atoms with E-state index in [1.807, 2.05) is 0 Å². The Morgan fingerprint density at radius 2 is 1.50 bits per heavy atom. The van der Waals surface area contributed by atoms with Gasteiger partial charge in [-0.15, -0.1) is 0 Å². The number of rotatable bonds is 2. The van der Waals surface area contributed by atoms with Crippen molar-refractivity contribution in [1.29, 1.82) is 0 Å². The molecule has 1 aromatic rings. The Labute approximate surface area is 125 Å². The van der Waals surface area contributed by atoms with Crippen molar-refractivity contribution in [3.05, 3.63) is 35.4 Å². The van der Waals surface area contributed by atoms with Crippen molar-refractivity contribution < 1.29 is 34.8 Å². The van der Waals surface area contributed by atoms with E-state index in [0.29, 0.717) is 4.90 Å². The highest BCUT2D eigenvalue weighted by Crippen LogP contribution is 2.30. The number of fused-ring (bicyclic) bond motifs is 1. The van der Waals surface area contributed by atoms with E-state index in [4.69, 9.17) is 9.84 Å². The lowest BCUT2D eigenvalue weighted by Gasteiger charge is -2.42. The van der Waals surface area contributed by atoms with Crippen molar-refractivity contribution in [3.8, 4) is 0 Å². The first-order chi connectivity index (χ1) is 10.5. The number of hydrogen-bond donors (Lipinski definition) is 4. The molecule has 4 N–H and O–H groups in total. The van der Waals surface area contributed by atoms with Crippen molar-refractivity contribution in [2.24, 2.45) is 0 Å². The number of nitrogens with zero attached hydrogens (tertiary/aromatic N) is 1. The summed E-state index contributed by atoms with van der Waals surface area (Å²) in [5, 5.41) is 38.7. The molecule has 0 saturated carbocycles. The van der Waals surface area contributed by atoms with Crippen LogP contribution in [0.5, 0.6) is 0 Å². The van der Waals surface area contributed by atoms with Crippen LogP contribution in [-0.2, 0) is 4.74 Å². The number of benzene rings is 1. The average molecular weight is 309 g/mol. The van der Waals surface area contributed by atoms with E-state index in [0.717, 1.165) is 0 Å². The van der Waals surface area contributed by atoms with Gasteiger partial charge in [0.05, 0.1) is 17.7 Å². The quantitative estimate of drug-likeness (QED) is 0.469. The van der Waals surface area contributed by atoms with Crippen LogP contribution in [-0.4, -0.2) is 74.4 Å². The summed E-state index contributed by atoms with van der Waals surface area (Å²) in [6.45, 7) is -0.634. The fourth-order valence-electron chi connectivity index (χ4n) is 2.73. The summed E-state index contributed by atoms with van der Waals surface area (Å²) in [4.78, 5) is 25.4. The Hall–Kier alpha value is -1.84. The third-order valence-corrected chi connectivity index (χ3v) is 3.95. The highest BCUT2D eigenvalue weighted by atomic mass is 16.6. The Bertz CT molecular complexity index is 582. The molecule has 1 aromatic carbocycles. The maximum absolute atomic E-state index is 12.3. The van der Waals surface area contributed by atoms with E-state index in [-0.39, 0.29) is 11.1 Å². The van der Waals surface area contributed by atoms with Gasteiger partial charge >= 0.3 is 0 Å². The lowest BCUT2D eigenvalue weighted by Crippen LogP contribution is -2.64. The fourth-order valence-corrected chi connectivity index (χ4v) is 2.73. The second kappa shape index (κ2) is 5.41. The minimum Gasteiger partial charge on any atom is -0.394 e. The van der Waals surface area contributed by atoms with Gasteiger partial charge in [0.1, 0.15) is 24.4 Å². The largest absolute Gasteiger partial charge is 0.394 e. The van der Waals surface area contributed by atoms with Crippen molar-refractivity contribution in [2.45, 2.75) is 30.6 Å². The zero-order chi connectivity index (χ0) is 16.0. The Morgan fingerprint density at radius 1 is 0.955 bits per heavy atom. The van der Waals surface area contributed by atoms with E-state index >= 15 is 0 Å². The Morgan fingerprint density at radius 3 is 2.00 bits per heavy atom. The normalized spacial score (nSPS) is 34.9. The molecule has 0 aliphatic carbocycles. The molecule has 3 rings (SSSR count). The molecule has 2 heterocycles. The summed E-state index contributed by atoms with van der Waals surface area (Å²) >= 11 is 0. The van der Waals surface area contributed by atoms with Gasteiger partial charge in [0.25, 0.3) is 11.8 Å². The van der Waals surface area contributed by atoms with Gasteiger partial charge in [-0.3, -0.25) is 9.59 Å². The molecular weight excluding hydrogens is 294 g/mol. The van der Waals surface area contributed by atoms with Crippen LogP contribution in [0.3, 0.4) is 0 Å². The molecule has 0 bridgehead atoms. The molecule has 22 heavy (non-hydrogen) atoms. The average Bonchev–Trinajstić information content (AvgIpc) is 2.78. The van der Waals surface area contributed by atoms with Crippen LogP contribution in [0.1, 0.15) is 20.7 Å². The highest BCUT2D eigenvalue weighted by molar-refractivity contribution is 6.21. The molecule has 2 aliphatic rings. The van der Waals surface area contributed by atoms with Crippen LogP contribution in [0, 0.1) is 0 Å². The predicted molar refractivity (Wildman–Crippen MR) is 70.7 cm³/mol. The molecule has 1 unspecified atom stereocenters. The minimum atomic E-state index is -1.68. The van der Waals surface area contributed by atoms with Crippen LogP contribution in [0.25, 0.3) is 0 Å². The lowest BCUT2D eigenvalue weighted by atomic mass is 9.98. The first-order valence-electron chi connectivity index (χ1n) is 6.74. The minimum absolute atomic E-state index is 0.171. The van der Waals surface area contributed by atoms with Crippen molar-refractivity contribution in [2.75, 3.05) is 6.61 Å². The van der Waals surface area contributed by atoms with Gasteiger partial charge in [0, 0.05) is 0 Å². The first-order valence-corrected chi connectivity index (χ1v) is 6.74. The fraction of sp³-hybridized carbons (Fsp3) is 0.429. The van der Waals surface area contributed by atoms with Crippen molar-refractivity contribution in [3.63, 3.8) is 0 Å². The molecule has 5 atom stereocenters. The van der Waals surface area contributed by atoms with E-state index in [1.165, 1.54) is 12.1 Å². The maximum atomic E-state index is 12.3. The summed E-state index contributed by atoms with van der Waals surface area (Å²) < 4.78 is 5.26. The van der Waals surface area contributed by atoms with E-state index < -0.39 is 49.1 Å². The summed E-state index contributed by atoms with van der Waals surface area (Å²) in [5.41, 5.74) is 0.342. The highest BCUT2D eigenvalue weighted by Gasteiger charge is 2.51. The van der Waals surface area contributed by atoms with Gasteiger partial charge in [-0.25, -0.2) is 4.90 Å². The Kier molecular flexibility index (Phi) is 3.71. The van der Waals surface area contributed by atoms with E-state index in [2.05, 4.69) is 0 Å². The number of carbonyl (C=O) groups excluding carboxylic acids is 2. The molecule has 1 saturated heterocycles. The van der Waals surface area contributed by atoms with Gasteiger partial charge in [0.15, 0.2) is 6.23 Å². The molecule has 1 fully saturated rings. The number of aliphatic hydroxyl groups is 4. The maximum Gasteiger partial charge on any atom is 0.263 e. The van der Waals surface area contributed by atoms with Gasteiger partial charge < -0.3 is 25.2 Å². The molecule has 8 nitrogen and oxygen atoms in total. The number of carbonyl (C=O) groups is 2. The van der Waals surface area contributed by atoms with Crippen molar-refractivity contribution in [1.82, 2.24) is 4.90 Å². The monoisotopic (exact) mass is 309 g/mol. The topological polar surface area (TPSA) is 128 Å². The predicted octanol–water partition coefficient (Wildman–Crippen LogP) is -1.92. The smallest absolute Gasteiger partial charge is 0.263 e. The number of ether oxygens (including phenoxy) is 1. The molecule has 0 radical (unpaired) electrons. The second-order valence-corrected chi connectivity index (χ2v) is 5.25. The number of amides is 2. The van der Waals surface area contributed by atoms with Crippen LogP contribution in [0.2, 0.25) is 0 Å². The molecule has 0 spiro atoms. The first kappa shape index (κ1) is 15.1. The van der Waals surface area contributed by atoms with Crippen LogP contribution >= 0.6 is 0 Å². The Balaban J connectivity index is 1.94. The van der Waals surface area contributed by atoms with Crippen LogP contribution < -0.4 is 0 Å². The molecule has 0 aromatic heterocycles. The molecule has 118 valence electrons. The van der Waals surface area contributed by atoms with Gasteiger partial charge in [0.2, 0.25) is 0 Å². The van der Waals surface area contributed by atoms with Gasteiger partial charge in [-0.05, 0) is 12.1 Å². The molecular formula is C14H15NO7. The summed E-state index contributed by atoms with van der Waals surface area (Å²) in [5.74, 6) is -1.32. The zero-order valence-corrected chi connectivity index (χ0v) is 11.4. The second-order valence-electron chi connectivity index (χ2n) is 5.25. The SMILES string of the molecule is O=C1c2ccccc2C(=O)N1C1O[C@H](CO)[C@@H](O)[C@H](O)[C@H]1O. The molecule has 2 amide bonds. The third-order valence-electron chi connectivity index (χ3n) is 3.95. The van der Waals surface area contributed by atoms with E-state index in [9.17, 15) is 24.9 Å². The van der Waals surface area contributed by atoms with Crippen LogP contribution in [0.15, 0.2) is 24.3 Å².